The number of nitrogens with zero attached hydrogens (tertiary/aromatic N) is 2. The number of hydrogen-bond donors (Lipinski definition) is 1. The second-order valence-electron chi connectivity index (χ2n) is 4.59. The first kappa shape index (κ1) is 16.1. The minimum absolute atomic E-state index is 0.200. The Morgan fingerprint density at radius 2 is 1.91 bits per heavy atom. The van der Waals surface area contributed by atoms with E-state index in [2.05, 4.69) is 9.82 Å². The Hall–Kier alpha value is -2.25. The molecular formula is C15H17N3O3S. The molecule has 0 fully saturated rings. The van der Waals surface area contributed by atoms with E-state index in [0.29, 0.717) is 13.0 Å². The molecule has 1 aromatic heterocycles. The van der Waals surface area contributed by atoms with Crippen molar-refractivity contribution in [3.05, 3.63) is 70.0 Å². The van der Waals surface area contributed by atoms with Gasteiger partial charge in [-0.2, -0.15) is 5.10 Å². The van der Waals surface area contributed by atoms with Crippen molar-refractivity contribution >= 4 is 16.1 Å². The van der Waals surface area contributed by atoms with Gasteiger partial charge in [0.15, 0.2) is 0 Å². The molecule has 1 N–H and O–H groups in total. The van der Waals surface area contributed by atoms with Crippen LogP contribution in [0.5, 0.6) is 0 Å². The molecule has 1 heterocycles. The third-order valence-corrected chi connectivity index (χ3v) is 3.98. The maximum atomic E-state index is 11.8. The van der Waals surface area contributed by atoms with Crippen LogP contribution in [-0.4, -0.2) is 24.7 Å². The van der Waals surface area contributed by atoms with Crippen molar-refractivity contribution in [1.82, 2.24) is 14.5 Å². The zero-order chi connectivity index (χ0) is 15.8. The number of aryl methyl sites for hydroxylation is 1. The number of nitrogens with one attached hydrogen (secondary N) is 1. The van der Waals surface area contributed by atoms with Gasteiger partial charge in [-0.3, -0.25) is 4.79 Å². The van der Waals surface area contributed by atoms with E-state index in [-0.39, 0.29) is 12.1 Å². The van der Waals surface area contributed by atoms with E-state index >= 15 is 0 Å². The molecule has 116 valence electrons. The van der Waals surface area contributed by atoms with Gasteiger partial charge >= 0.3 is 0 Å². The summed E-state index contributed by atoms with van der Waals surface area (Å²) in [5.41, 5.74) is 0.613. The normalized spacial score (nSPS) is 11.8. The monoisotopic (exact) mass is 319 g/mol. The van der Waals surface area contributed by atoms with Crippen molar-refractivity contribution < 1.29 is 8.42 Å². The average molecular weight is 319 g/mol. The molecule has 0 aliphatic rings. The lowest BCUT2D eigenvalue weighted by Gasteiger charge is -2.04. The molecule has 0 radical (unpaired) electrons. The van der Waals surface area contributed by atoms with E-state index < -0.39 is 10.0 Å². The summed E-state index contributed by atoms with van der Waals surface area (Å²) in [6, 6.07) is 12.2. The zero-order valence-electron chi connectivity index (χ0n) is 11.9. The van der Waals surface area contributed by atoms with E-state index in [9.17, 15) is 13.2 Å². The first-order valence-corrected chi connectivity index (χ1v) is 8.36. The van der Waals surface area contributed by atoms with Crippen LogP contribution in [0.3, 0.4) is 0 Å². The lowest BCUT2D eigenvalue weighted by Crippen LogP contribution is -2.26. The van der Waals surface area contributed by atoms with E-state index in [4.69, 9.17) is 0 Å². The summed E-state index contributed by atoms with van der Waals surface area (Å²) in [6.45, 7) is 0.606. The van der Waals surface area contributed by atoms with E-state index in [0.717, 1.165) is 11.0 Å². The highest BCUT2D eigenvalue weighted by Gasteiger charge is 2.04. The Bertz CT molecular complexity index is 783. The fourth-order valence-electron chi connectivity index (χ4n) is 1.78. The number of benzene rings is 1. The highest BCUT2D eigenvalue weighted by Crippen LogP contribution is 2.02. The Balaban J connectivity index is 1.82. The molecule has 0 unspecified atom stereocenters. The molecule has 6 nitrogen and oxygen atoms in total. The standard InChI is InChI=1S/C15H17N3O3S/c19-15-8-4-10-16-18(15)12-5-11-17-22(20,21)13-9-14-6-2-1-3-7-14/h1-4,6-10,13,17H,5,11-12H2. The summed E-state index contributed by atoms with van der Waals surface area (Å²) in [5.74, 6) is 0. The summed E-state index contributed by atoms with van der Waals surface area (Å²) < 4.78 is 27.4. The molecule has 2 rings (SSSR count). The van der Waals surface area contributed by atoms with Gasteiger partial charge in [0.1, 0.15) is 0 Å². The summed E-state index contributed by atoms with van der Waals surface area (Å²) in [4.78, 5) is 11.4. The van der Waals surface area contributed by atoms with Gasteiger partial charge < -0.3 is 0 Å². The number of rotatable bonds is 7. The second kappa shape index (κ2) is 7.67. The zero-order valence-corrected chi connectivity index (χ0v) is 12.7. The van der Waals surface area contributed by atoms with Gasteiger partial charge in [0.05, 0.1) is 0 Å². The van der Waals surface area contributed by atoms with Crippen molar-refractivity contribution in [2.75, 3.05) is 6.54 Å². The summed E-state index contributed by atoms with van der Waals surface area (Å²) in [7, 11) is -3.48. The van der Waals surface area contributed by atoms with Crippen LogP contribution >= 0.6 is 0 Å². The van der Waals surface area contributed by atoms with Gasteiger partial charge in [0.25, 0.3) is 5.56 Å². The summed E-state index contributed by atoms with van der Waals surface area (Å²) in [6.07, 6.45) is 3.54. The predicted molar refractivity (Wildman–Crippen MR) is 85.5 cm³/mol. The molecule has 0 amide bonds. The van der Waals surface area contributed by atoms with Crippen LogP contribution in [-0.2, 0) is 16.6 Å². The first-order valence-electron chi connectivity index (χ1n) is 6.82. The lowest BCUT2D eigenvalue weighted by molar-refractivity contribution is 0.537. The Morgan fingerprint density at radius 1 is 1.14 bits per heavy atom. The molecule has 0 bridgehead atoms. The van der Waals surface area contributed by atoms with Gasteiger partial charge in [-0.15, -0.1) is 0 Å². The molecule has 22 heavy (non-hydrogen) atoms. The quantitative estimate of drug-likeness (QED) is 0.778. The van der Waals surface area contributed by atoms with Crippen LogP contribution in [0.25, 0.3) is 6.08 Å². The molecule has 0 saturated heterocycles. The fourth-order valence-corrected chi connectivity index (χ4v) is 2.64. The maximum Gasteiger partial charge on any atom is 0.266 e. The lowest BCUT2D eigenvalue weighted by atomic mass is 10.2. The fraction of sp³-hybridized carbons (Fsp3) is 0.200. The van der Waals surface area contributed by atoms with E-state index in [1.54, 1.807) is 6.07 Å². The van der Waals surface area contributed by atoms with Crippen molar-refractivity contribution in [3.8, 4) is 0 Å². The largest absolute Gasteiger partial charge is 0.268 e. The molecule has 0 saturated carbocycles. The Labute approximate surface area is 129 Å². The Morgan fingerprint density at radius 3 is 2.64 bits per heavy atom. The average Bonchev–Trinajstić information content (AvgIpc) is 2.52. The molecule has 0 spiro atoms. The van der Waals surface area contributed by atoms with Crippen LogP contribution in [0.15, 0.2) is 58.9 Å². The molecule has 2 aromatic rings. The van der Waals surface area contributed by atoms with Gasteiger partial charge in [-0.25, -0.2) is 17.8 Å². The van der Waals surface area contributed by atoms with Crippen molar-refractivity contribution in [1.29, 1.82) is 0 Å². The maximum absolute atomic E-state index is 11.8. The molecule has 0 aliphatic heterocycles. The predicted octanol–water partition coefficient (Wildman–Crippen LogP) is 1.22. The summed E-state index contributed by atoms with van der Waals surface area (Å²) in [5, 5.41) is 5.04. The SMILES string of the molecule is O=c1cccnn1CCCNS(=O)(=O)C=Cc1ccccc1. The minimum Gasteiger partial charge on any atom is -0.268 e. The van der Waals surface area contributed by atoms with Crippen LogP contribution in [0.2, 0.25) is 0 Å². The van der Waals surface area contributed by atoms with Crippen LogP contribution in [0.4, 0.5) is 0 Å². The van der Waals surface area contributed by atoms with Crippen LogP contribution in [0.1, 0.15) is 12.0 Å². The molecular weight excluding hydrogens is 302 g/mol. The van der Waals surface area contributed by atoms with Gasteiger partial charge in [-0.1, -0.05) is 30.3 Å². The highest BCUT2D eigenvalue weighted by molar-refractivity contribution is 7.92. The van der Waals surface area contributed by atoms with E-state index in [1.807, 2.05) is 30.3 Å². The van der Waals surface area contributed by atoms with Gasteiger partial charge in [0.2, 0.25) is 10.0 Å². The molecule has 7 heteroatoms. The first-order chi connectivity index (χ1) is 10.6. The van der Waals surface area contributed by atoms with Crippen molar-refractivity contribution in [3.63, 3.8) is 0 Å². The third-order valence-electron chi connectivity index (χ3n) is 2.87. The molecule has 1 aromatic carbocycles. The van der Waals surface area contributed by atoms with Crippen molar-refractivity contribution in [2.24, 2.45) is 0 Å². The summed E-state index contributed by atoms with van der Waals surface area (Å²) >= 11 is 0. The topological polar surface area (TPSA) is 81.1 Å². The smallest absolute Gasteiger partial charge is 0.266 e. The molecule has 0 atom stereocenters. The van der Waals surface area contributed by atoms with Crippen molar-refractivity contribution in [2.45, 2.75) is 13.0 Å². The van der Waals surface area contributed by atoms with E-state index in [1.165, 1.54) is 23.0 Å². The highest BCUT2D eigenvalue weighted by atomic mass is 32.2. The van der Waals surface area contributed by atoms with Gasteiger partial charge in [0, 0.05) is 30.8 Å². The second-order valence-corrected chi connectivity index (χ2v) is 6.24. The number of sulfonamides is 1. The van der Waals surface area contributed by atoms with Crippen LogP contribution in [0, 0.1) is 0 Å². The van der Waals surface area contributed by atoms with Gasteiger partial charge in [-0.05, 0) is 24.1 Å². The number of aromatic nitrogens is 2. The number of hydrogen-bond acceptors (Lipinski definition) is 4. The third kappa shape index (κ3) is 5.27. The minimum atomic E-state index is -3.48. The Kier molecular flexibility index (Phi) is 5.62. The molecule has 0 aliphatic carbocycles. The van der Waals surface area contributed by atoms with Crippen LogP contribution < -0.4 is 10.3 Å².